The molecule has 2 N–H and O–H groups in total. The van der Waals surface area contributed by atoms with Gasteiger partial charge in [-0.15, -0.1) is 11.3 Å². The van der Waals surface area contributed by atoms with Gasteiger partial charge in [-0.3, -0.25) is 0 Å². The Labute approximate surface area is 115 Å². The number of aromatic nitrogens is 3. The molecule has 0 unspecified atom stereocenters. The molecule has 9 heteroatoms. The fourth-order valence-corrected chi connectivity index (χ4v) is 3.35. The minimum Gasteiger partial charge on any atom is -0.368 e. The van der Waals surface area contributed by atoms with Gasteiger partial charge >= 0.3 is 0 Å². The maximum Gasteiger partial charge on any atom is 0.246 e. The maximum absolute atomic E-state index is 12.3. The Morgan fingerprint density at radius 3 is 2.47 bits per heavy atom. The normalized spacial score (nSPS) is 11.9. The molecule has 0 spiro atoms. The summed E-state index contributed by atoms with van der Waals surface area (Å²) in [6, 6.07) is 0. The molecule has 0 aliphatic carbocycles. The Bertz CT molecular complexity index is 665. The highest BCUT2D eigenvalue weighted by molar-refractivity contribution is 7.89. The summed E-state index contributed by atoms with van der Waals surface area (Å²) in [4.78, 5) is 12.4. The maximum atomic E-state index is 12.3. The van der Waals surface area contributed by atoms with Crippen molar-refractivity contribution in [1.29, 1.82) is 0 Å². The van der Waals surface area contributed by atoms with E-state index >= 15 is 0 Å². The second-order valence-electron chi connectivity index (χ2n) is 3.90. The molecule has 0 aliphatic rings. The van der Waals surface area contributed by atoms with Crippen molar-refractivity contribution < 1.29 is 8.42 Å². The van der Waals surface area contributed by atoms with Gasteiger partial charge in [-0.1, -0.05) is 0 Å². The summed E-state index contributed by atoms with van der Waals surface area (Å²) >= 11 is 1.42. The van der Waals surface area contributed by atoms with Crippen LogP contribution in [0.5, 0.6) is 0 Å². The van der Waals surface area contributed by atoms with Gasteiger partial charge < -0.3 is 5.73 Å². The van der Waals surface area contributed by atoms with Crippen molar-refractivity contribution in [1.82, 2.24) is 19.3 Å². The van der Waals surface area contributed by atoms with Gasteiger partial charge in [0.1, 0.15) is 4.90 Å². The number of nitrogens with zero attached hydrogens (tertiary/aromatic N) is 4. The first-order valence-electron chi connectivity index (χ1n) is 5.34. The van der Waals surface area contributed by atoms with Crippen LogP contribution in [-0.4, -0.2) is 34.7 Å². The summed E-state index contributed by atoms with van der Waals surface area (Å²) in [7, 11) is -2.11. The van der Waals surface area contributed by atoms with Crippen LogP contribution in [0.1, 0.15) is 10.6 Å². The second-order valence-corrected chi connectivity index (χ2v) is 6.88. The Hall–Kier alpha value is -1.58. The molecule has 0 saturated carbocycles. The van der Waals surface area contributed by atoms with Gasteiger partial charge in [0.05, 0.1) is 23.6 Å². The van der Waals surface area contributed by atoms with E-state index in [9.17, 15) is 8.42 Å². The van der Waals surface area contributed by atoms with Crippen LogP contribution in [0.25, 0.3) is 0 Å². The van der Waals surface area contributed by atoms with Crippen LogP contribution in [0, 0.1) is 6.92 Å². The molecule has 2 heterocycles. The van der Waals surface area contributed by atoms with Crippen molar-refractivity contribution in [3.05, 3.63) is 28.5 Å². The third-order valence-electron chi connectivity index (χ3n) is 2.57. The molecule has 19 heavy (non-hydrogen) atoms. The van der Waals surface area contributed by atoms with E-state index in [0.717, 1.165) is 10.6 Å². The highest BCUT2D eigenvalue weighted by atomic mass is 32.2. The molecule has 0 saturated heterocycles. The lowest BCUT2D eigenvalue weighted by Gasteiger charge is -2.16. The van der Waals surface area contributed by atoms with E-state index < -0.39 is 10.0 Å². The van der Waals surface area contributed by atoms with E-state index in [0.29, 0.717) is 0 Å². The zero-order valence-corrected chi connectivity index (χ0v) is 12.1. The minimum atomic E-state index is -3.62. The zero-order valence-electron chi connectivity index (χ0n) is 10.4. The third-order valence-corrected chi connectivity index (χ3v) is 5.24. The summed E-state index contributed by atoms with van der Waals surface area (Å²) in [6.45, 7) is 2.11. The molecule has 0 atom stereocenters. The number of anilines is 1. The van der Waals surface area contributed by atoms with Crippen LogP contribution in [-0.2, 0) is 16.6 Å². The zero-order chi connectivity index (χ0) is 14.0. The Kier molecular flexibility index (Phi) is 3.78. The molecular weight excluding hydrogens is 286 g/mol. The predicted molar refractivity (Wildman–Crippen MR) is 71.9 cm³/mol. The van der Waals surface area contributed by atoms with Crippen molar-refractivity contribution in [3.8, 4) is 0 Å². The van der Waals surface area contributed by atoms with E-state index in [1.165, 1.54) is 35.1 Å². The van der Waals surface area contributed by atoms with Crippen LogP contribution in [0.3, 0.4) is 0 Å². The number of nitrogens with two attached hydrogens (primary N) is 1. The number of thiazole rings is 1. The molecule has 0 aliphatic heterocycles. The number of sulfonamides is 1. The van der Waals surface area contributed by atoms with Crippen LogP contribution in [0.15, 0.2) is 22.8 Å². The van der Waals surface area contributed by atoms with Gasteiger partial charge in [-0.05, 0) is 6.92 Å². The summed E-state index contributed by atoms with van der Waals surface area (Å²) in [5, 5.41) is 0. The molecular formula is C10H13N5O2S2. The summed E-state index contributed by atoms with van der Waals surface area (Å²) < 4.78 is 25.8. The fourth-order valence-electron chi connectivity index (χ4n) is 1.40. The average Bonchev–Trinajstić information content (AvgIpc) is 2.75. The molecule has 0 fully saturated rings. The van der Waals surface area contributed by atoms with Gasteiger partial charge in [-0.2, -0.15) is 4.31 Å². The third kappa shape index (κ3) is 2.88. The minimum absolute atomic E-state index is 0.0198. The summed E-state index contributed by atoms with van der Waals surface area (Å²) in [6.07, 6.45) is 2.40. The quantitative estimate of drug-likeness (QED) is 0.889. The van der Waals surface area contributed by atoms with E-state index in [4.69, 9.17) is 5.73 Å². The number of hydrogen-bond donors (Lipinski definition) is 1. The Balaban J connectivity index is 2.24. The molecule has 7 nitrogen and oxygen atoms in total. The molecule has 102 valence electrons. The van der Waals surface area contributed by atoms with Crippen LogP contribution in [0.4, 0.5) is 5.95 Å². The molecule has 0 aromatic carbocycles. The highest BCUT2D eigenvalue weighted by Crippen LogP contribution is 2.19. The average molecular weight is 299 g/mol. The first kappa shape index (κ1) is 13.8. The molecule has 0 radical (unpaired) electrons. The first-order chi connectivity index (χ1) is 8.91. The van der Waals surface area contributed by atoms with Gasteiger partial charge in [0.25, 0.3) is 0 Å². The van der Waals surface area contributed by atoms with Crippen LogP contribution < -0.4 is 5.73 Å². The highest BCUT2D eigenvalue weighted by Gasteiger charge is 2.22. The van der Waals surface area contributed by atoms with Crippen molar-refractivity contribution in [3.63, 3.8) is 0 Å². The topological polar surface area (TPSA) is 102 Å². The standard InChI is InChI=1S/C10H13N5O2S2/c1-7-9(18-6-14-7)5-15(2)19(16,17)8-3-12-10(11)13-4-8/h3-4,6H,5H2,1-2H3,(H2,11,12,13). The Morgan fingerprint density at radius 1 is 1.32 bits per heavy atom. The summed E-state index contributed by atoms with van der Waals surface area (Å²) in [5.41, 5.74) is 7.86. The number of aryl methyl sites for hydroxylation is 1. The van der Waals surface area contributed by atoms with Crippen molar-refractivity contribution >= 4 is 27.3 Å². The molecule has 0 amide bonds. The van der Waals surface area contributed by atoms with Gasteiger partial charge in [-0.25, -0.2) is 23.4 Å². The number of rotatable bonds is 4. The predicted octanol–water partition coefficient (Wildman–Crippen LogP) is 0.644. The van der Waals surface area contributed by atoms with Gasteiger partial charge in [0, 0.05) is 18.5 Å². The van der Waals surface area contributed by atoms with Gasteiger partial charge in [0.15, 0.2) is 0 Å². The number of hydrogen-bond acceptors (Lipinski definition) is 7. The summed E-state index contributed by atoms with van der Waals surface area (Å²) in [5.74, 6) is 0.0416. The van der Waals surface area contributed by atoms with E-state index in [1.54, 1.807) is 5.51 Å². The van der Waals surface area contributed by atoms with Gasteiger partial charge in [0.2, 0.25) is 16.0 Å². The van der Waals surface area contributed by atoms with E-state index in [-0.39, 0.29) is 17.4 Å². The fraction of sp³-hybridized carbons (Fsp3) is 0.300. The lowest BCUT2D eigenvalue weighted by Crippen LogP contribution is -2.26. The lowest BCUT2D eigenvalue weighted by atomic mass is 10.4. The van der Waals surface area contributed by atoms with Crippen LogP contribution in [0.2, 0.25) is 0 Å². The lowest BCUT2D eigenvalue weighted by molar-refractivity contribution is 0.468. The Morgan fingerprint density at radius 2 is 1.95 bits per heavy atom. The smallest absolute Gasteiger partial charge is 0.246 e. The first-order valence-corrected chi connectivity index (χ1v) is 7.66. The molecule has 0 bridgehead atoms. The molecule has 2 aromatic rings. The van der Waals surface area contributed by atoms with Crippen molar-refractivity contribution in [2.24, 2.45) is 0 Å². The largest absolute Gasteiger partial charge is 0.368 e. The number of nitrogen functional groups attached to an aromatic ring is 1. The molecule has 2 rings (SSSR count). The van der Waals surface area contributed by atoms with E-state index in [2.05, 4.69) is 15.0 Å². The second kappa shape index (κ2) is 5.19. The van der Waals surface area contributed by atoms with Crippen molar-refractivity contribution in [2.45, 2.75) is 18.4 Å². The van der Waals surface area contributed by atoms with E-state index in [1.807, 2.05) is 6.92 Å². The monoisotopic (exact) mass is 299 g/mol. The van der Waals surface area contributed by atoms with Crippen molar-refractivity contribution in [2.75, 3.05) is 12.8 Å². The SMILES string of the molecule is Cc1ncsc1CN(C)S(=O)(=O)c1cnc(N)nc1. The molecule has 2 aromatic heterocycles. The van der Waals surface area contributed by atoms with Crippen LogP contribution >= 0.6 is 11.3 Å².